The van der Waals surface area contributed by atoms with Crippen LogP contribution in [-0.4, -0.2) is 69.7 Å². The Morgan fingerprint density at radius 2 is 1.00 bits per heavy atom. The fourth-order valence-electron chi connectivity index (χ4n) is 2.28. The summed E-state index contributed by atoms with van der Waals surface area (Å²) >= 11 is 0. The first-order valence-electron chi connectivity index (χ1n) is 9.70. The van der Waals surface area contributed by atoms with Crippen molar-refractivity contribution in [1.29, 1.82) is 0 Å². The van der Waals surface area contributed by atoms with Gasteiger partial charge >= 0.3 is 0 Å². The molecule has 0 atom stereocenters. The molecule has 0 saturated heterocycles. The third kappa shape index (κ3) is 18.9. The van der Waals surface area contributed by atoms with Crippen LogP contribution in [0.15, 0.2) is 70.6 Å². The van der Waals surface area contributed by atoms with Crippen LogP contribution < -0.4 is 32.7 Å². The van der Waals surface area contributed by atoms with Crippen LogP contribution in [0.4, 0.5) is 11.4 Å². The summed E-state index contributed by atoms with van der Waals surface area (Å²) in [5.41, 5.74) is 23.2. The summed E-state index contributed by atoms with van der Waals surface area (Å²) < 4.78 is 34.1. The van der Waals surface area contributed by atoms with Crippen LogP contribution in [0.1, 0.15) is 0 Å². The average Bonchev–Trinajstić information content (AvgIpc) is 2.73. The van der Waals surface area contributed by atoms with Gasteiger partial charge in [0.05, 0.1) is 13.1 Å². The molecule has 2 aromatic rings. The maximum atomic E-state index is 8.52. The summed E-state index contributed by atoms with van der Waals surface area (Å²) in [6.07, 6.45) is 0. The van der Waals surface area contributed by atoms with Crippen LogP contribution in [-0.2, 0) is 10.4 Å². The van der Waals surface area contributed by atoms with Gasteiger partial charge in [0.1, 0.15) is 0 Å². The molecule has 33 heavy (non-hydrogen) atoms. The molecule has 0 bridgehead atoms. The van der Waals surface area contributed by atoms with Gasteiger partial charge in [0, 0.05) is 49.0 Å². The van der Waals surface area contributed by atoms with Crippen molar-refractivity contribution in [3.63, 3.8) is 0 Å². The summed E-state index contributed by atoms with van der Waals surface area (Å²) in [4.78, 5) is 12.0. The number of anilines is 2. The van der Waals surface area contributed by atoms with Crippen LogP contribution in [0.2, 0.25) is 0 Å². The fraction of sp³-hybridized carbons (Fsp3) is 0.300. The predicted octanol–water partition coefficient (Wildman–Crippen LogP) is -0.546. The van der Waals surface area contributed by atoms with E-state index in [-0.39, 0.29) is 11.9 Å². The summed E-state index contributed by atoms with van der Waals surface area (Å²) in [6.45, 7) is 2.85. The Bertz CT molecular complexity index is 862. The molecule has 13 heteroatoms. The summed E-state index contributed by atoms with van der Waals surface area (Å²) in [6, 6.07) is 20.2. The topological polar surface area (TPSA) is 216 Å². The Hall–Kier alpha value is -3.55. The van der Waals surface area contributed by atoms with Crippen LogP contribution in [0.3, 0.4) is 0 Å². The molecule has 0 unspecified atom stereocenters. The minimum absolute atomic E-state index is 0.145. The first kappa shape index (κ1) is 29.5. The van der Waals surface area contributed by atoms with E-state index in [1.807, 2.05) is 50.5 Å². The van der Waals surface area contributed by atoms with Crippen LogP contribution in [0.25, 0.3) is 0 Å². The van der Waals surface area contributed by atoms with Gasteiger partial charge in [0.2, 0.25) is 0 Å². The number of benzene rings is 2. The molecule has 0 fully saturated rings. The number of nitrogens with two attached hydrogens (primary N) is 4. The zero-order chi connectivity index (χ0) is 25.3. The van der Waals surface area contributed by atoms with Crippen molar-refractivity contribution >= 4 is 33.7 Å². The first-order valence-corrected chi connectivity index (χ1v) is 11.0. The molecule has 0 radical (unpaired) electrons. The number of para-hydroxylation sites is 2. The molecule has 0 aliphatic carbocycles. The van der Waals surface area contributed by atoms with Gasteiger partial charge in [0.15, 0.2) is 11.9 Å². The lowest BCUT2D eigenvalue weighted by Gasteiger charge is -2.17. The van der Waals surface area contributed by atoms with Gasteiger partial charge in [-0.1, -0.05) is 36.4 Å². The zero-order valence-corrected chi connectivity index (χ0v) is 19.6. The minimum Gasteiger partial charge on any atom is -0.759 e. The Labute approximate surface area is 195 Å². The van der Waals surface area contributed by atoms with E-state index < -0.39 is 10.4 Å². The Balaban J connectivity index is 0.000000517. The Kier molecular flexibility index (Phi) is 14.4. The highest BCUT2D eigenvalue weighted by Crippen LogP contribution is 2.10. The second-order valence-corrected chi connectivity index (χ2v) is 7.35. The van der Waals surface area contributed by atoms with E-state index in [9.17, 15) is 0 Å². The third-order valence-corrected chi connectivity index (χ3v) is 3.85. The van der Waals surface area contributed by atoms with Crippen molar-refractivity contribution in [2.75, 3.05) is 50.1 Å². The lowest BCUT2D eigenvalue weighted by Crippen LogP contribution is -2.26. The smallest absolute Gasteiger partial charge is 0.185 e. The molecule has 0 aliphatic rings. The lowest BCUT2D eigenvalue weighted by atomic mass is 10.3. The van der Waals surface area contributed by atoms with Gasteiger partial charge in [-0.05, 0) is 24.3 Å². The largest absolute Gasteiger partial charge is 0.759 e. The fourth-order valence-corrected chi connectivity index (χ4v) is 2.28. The van der Waals surface area contributed by atoms with E-state index in [1.54, 1.807) is 0 Å². The molecular weight excluding hydrogens is 448 g/mol. The molecular formula is C20H32N8O4S-2. The third-order valence-electron chi connectivity index (χ3n) is 3.85. The zero-order valence-electron chi connectivity index (χ0n) is 18.7. The van der Waals surface area contributed by atoms with Crippen molar-refractivity contribution in [3.05, 3.63) is 60.7 Å². The molecule has 0 spiro atoms. The van der Waals surface area contributed by atoms with Crippen LogP contribution in [0.5, 0.6) is 0 Å². The van der Waals surface area contributed by atoms with Crippen molar-refractivity contribution < 1.29 is 17.5 Å². The number of guanidine groups is 2. The molecule has 0 aliphatic heterocycles. The number of aliphatic imine (C=N–C) groups is 2. The van der Waals surface area contributed by atoms with Gasteiger partial charge in [-0.2, -0.15) is 0 Å². The van der Waals surface area contributed by atoms with Crippen molar-refractivity contribution in [2.24, 2.45) is 32.9 Å². The van der Waals surface area contributed by atoms with Crippen LogP contribution >= 0.6 is 0 Å². The number of likely N-dealkylation sites (N-methyl/N-ethyl adjacent to an activating group) is 2. The molecule has 2 rings (SSSR count). The Morgan fingerprint density at radius 3 is 1.24 bits per heavy atom. The quantitative estimate of drug-likeness (QED) is 0.164. The lowest BCUT2D eigenvalue weighted by molar-refractivity contribution is 0.352. The highest BCUT2D eigenvalue weighted by atomic mass is 32.3. The molecule has 184 valence electrons. The van der Waals surface area contributed by atoms with Gasteiger partial charge in [-0.3, -0.25) is 18.4 Å². The minimum atomic E-state index is -5.17. The number of rotatable bonds is 8. The normalized spacial score (nSPS) is 9.82. The van der Waals surface area contributed by atoms with E-state index in [1.165, 1.54) is 11.4 Å². The van der Waals surface area contributed by atoms with Crippen molar-refractivity contribution in [1.82, 2.24) is 0 Å². The average molecular weight is 481 g/mol. The molecule has 0 aromatic heterocycles. The molecule has 12 nitrogen and oxygen atoms in total. The highest BCUT2D eigenvalue weighted by molar-refractivity contribution is 7.79. The predicted molar refractivity (Wildman–Crippen MR) is 131 cm³/mol. The summed E-state index contributed by atoms with van der Waals surface area (Å²) in [5.74, 6) is 0.290. The van der Waals surface area contributed by atoms with E-state index in [0.29, 0.717) is 13.1 Å². The second kappa shape index (κ2) is 16.1. The summed E-state index contributed by atoms with van der Waals surface area (Å²) in [5, 5.41) is 0. The molecule has 0 saturated carbocycles. The van der Waals surface area contributed by atoms with Crippen LogP contribution in [0, 0.1) is 0 Å². The van der Waals surface area contributed by atoms with Crippen molar-refractivity contribution in [3.8, 4) is 0 Å². The Morgan fingerprint density at radius 1 is 0.727 bits per heavy atom. The number of hydrogen-bond donors (Lipinski definition) is 4. The van der Waals surface area contributed by atoms with Crippen molar-refractivity contribution in [2.45, 2.75) is 0 Å². The van der Waals surface area contributed by atoms with E-state index in [0.717, 1.165) is 13.1 Å². The standard InChI is InChI=1S/2C10H16N4.H2O4S/c2*1-14(8-7-13-10(11)12)9-5-3-2-4-6-9;1-5(2,3)4/h2*2-6H,7-8H2,1H3,(H4,11,12,13);(H2,1,2,3,4)/p-2. The SMILES string of the molecule is CN(CCN=C(N)N)c1ccccc1.CN(CCN=C(N)N)c1ccccc1.O=S(=O)([O-])[O-]. The summed E-state index contributed by atoms with van der Waals surface area (Å²) in [7, 11) is -1.14. The molecule has 0 amide bonds. The van der Waals surface area contributed by atoms with Gasteiger partial charge in [0.25, 0.3) is 0 Å². The van der Waals surface area contributed by atoms with Gasteiger partial charge < -0.3 is 41.8 Å². The van der Waals surface area contributed by atoms with E-state index >= 15 is 0 Å². The van der Waals surface area contributed by atoms with E-state index in [4.69, 9.17) is 40.5 Å². The van der Waals surface area contributed by atoms with Gasteiger partial charge in [-0.15, -0.1) is 0 Å². The molecule has 8 N–H and O–H groups in total. The number of hydrogen-bond acceptors (Lipinski definition) is 8. The monoisotopic (exact) mass is 480 g/mol. The first-order chi connectivity index (χ1) is 15.4. The maximum Gasteiger partial charge on any atom is 0.185 e. The molecule has 2 aromatic carbocycles. The van der Waals surface area contributed by atoms with E-state index in [2.05, 4.69) is 44.1 Å². The number of nitrogens with zero attached hydrogens (tertiary/aromatic N) is 4. The maximum absolute atomic E-state index is 8.52. The molecule has 0 heterocycles. The second-order valence-electron chi connectivity index (χ2n) is 6.54. The van der Waals surface area contributed by atoms with Gasteiger partial charge in [-0.25, -0.2) is 0 Å². The highest BCUT2D eigenvalue weighted by Gasteiger charge is 1.98.